The van der Waals surface area contributed by atoms with Crippen molar-refractivity contribution in [2.45, 2.75) is 38.5 Å². The number of nitrogens with one attached hydrogen (secondary N) is 1. The molecule has 2 aliphatic heterocycles. The lowest BCUT2D eigenvalue weighted by Crippen LogP contribution is -2.53. The fraction of sp³-hybridized carbons (Fsp3) is 0.611. The second kappa shape index (κ2) is 7.94. The lowest BCUT2D eigenvalue weighted by atomic mass is 10.0. The number of benzene rings is 1. The summed E-state index contributed by atoms with van der Waals surface area (Å²) in [7, 11) is 0. The zero-order valence-corrected chi connectivity index (χ0v) is 14.2. The number of nitrogens with zero attached hydrogens (tertiary/aromatic N) is 2. The smallest absolute Gasteiger partial charge is 0.317 e. The number of likely N-dealkylation sites (tertiary alicyclic amines) is 1. The van der Waals surface area contributed by atoms with E-state index in [1.54, 1.807) is 0 Å². The zero-order chi connectivity index (χ0) is 16.9. The minimum atomic E-state index is -0.197. The normalized spacial score (nSPS) is 23.2. The van der Waals surface area contributed by atoms with Crippen LogP contribution >= 0.6 is 0 Å². The lowest BCUT2D eigenvalue weighted by Gasteiger charge is -2.35. The number of ether oxygens (including phenoxy) is 1. The largest absolute Gasteiger partial charge is 0.375 e. The van der Waals surface area contributed by atoms with E-state index in [2.05, 4.69) is 10.2 Å². The molecule has 2 fully saturated rings. The molecule has 2 heterocycles. The van der Waals surface area contributed by atoms with E-state index in [-0.39, 0.29) is 24.0 Å². The number of hydrogen-bond acceptors (Lipinski definition) is 3. The van der Waals surface area contributed by atoms with Crippen LogP contribution < -0.4 is 5.32 Å². The Hall–Kier alpha value is -1.66. The van der Waals surface area contributed by atoms with Gasteiger partial charge in [0.25, 0.3) is 0 Å². The summed E-state index contributed by atoms with van der Waals surface area (Å²) in [5.74, 6) is -0.197. The van der Waals surface area contributed by atoms with E-state index < -0.39 is 0 Å². The van der Waals surface area contributed by atoms with Crippen molar-refractivity contribution in [2.75, 3.05) is 32.8 Å². The van der Waals surface area contributed by atoms with Crippen LogP contribution in [0.4, 0.5) is 9.18 Å². The number of hydrogen-bond donors (Lipinski definition) is 1. The summed E-state index contributed by atoms with van der Waals surface area (Å²) in [5, 5.41) is 3.16. The summed E-state index contributed by atoms with van der Waals surface area (Å²) >= 11 is 0. The van der Waals surface area contributed by atoms with Crippen LogP contribution in [0, 0.1) is 5.82 Å². The van der Waals surface area contributed by atoms with Gasteiger partial charge in [0, 0.05) is 38.8 Å². The van der Waals surface area contributed by atoms with Crippen LogP contribution in [0.1, 0.15) is 25.3 Å². The van der Waals surface area contributed by atoms with Crippen molar-refractivity contribution < 1.29 is 13.9 Å². The number of amides is 2. The molecular formula is C18H26FN3O2. The third-order valence-electron chi connectivity index (χ3n) is 4.76. The molecule has 2 aliphatic rings. The van der Waals surface area contributed by atoms with Gasteiger partial charge in [0.1, 0.15) is 5.82 Å². The molecule has 1 aromatic carbocycles. The average Bonchev–Trinajstić information content (AvgIpc) is 2.59. The maximum absolute atomic E-state index is 13.0. The maximum atomic E-state index is 13.0. The first-order valence-corrected chi connectivity index (χ1v) is 8.74. The monoisotopic (exact) mass is 335 g/mol. The first kappa shape index (κ1) is 17.2. The predicted octanol–water partition coefficient (Wildman–Crippen LogP) is 2.22. The van der Waals surface area contributed by atoms with Crippen LogP contribution in [0.5, 0.6) is 0 Å². The first-order valence-electron chi connectivity index (χ1n) is 8.74. The summed E-state index contributed by atoms with van der Waals surface area (Å²) in [6.45, 7) is 6.67. The van der Waals surface area contributed by atoms with Gasteiger partial charge in [-0.05, 0) is 37.5 Å². The van der Waals surface area contributed by atoms with Gasteiger partial charge < -0.3 is 15.0 Å². The van der Waals surface area contributed by atoms with Crippen LogP contribution in [-0.2, 0) is 11.3 Å². The molecule has 0 aliphatic carbocycles. The Balaban J connectivity index is 1.41. The molecule has 0 spiro atoms. The summed E-state index contributed by atoms with van der Waals surface area (Å²) in [6.07, 6.45) is 2.02. The van der Waals surface area contributed by atoms with Gasteiger partial charge in [-0.25, -0.2) is 9.18 Å². The first-order chi connectivity index (χ1) is 11.6. The van der Waals surface area contributed by atoms with E-state index in [1.165, 1.54) is 12.1 Å². The molecular weight excluding hydrogens is 309 g/mol. The predicted molar refractivity (Wildman–Crippen MR) is 90.2 cm³/mol. The Labute approximate surface area is 142 Å². The molecule has 0 unspecified atom stereocenters. The standard InChI is InChI=1S/C18H26FN3O2/c1-14-12-22(10-11-24-14)18(23)20-17-6-8-21(9-7-17)13-15-2-4-16(19)5-3-15/h2-5,14,17H,6-13H2,1H3,(H,20,23)/t14-/m0/s1. The van der Waals surface area contributed by atoms with E-state index in [4.69, 9.17) is 4.74 Å². The number of carbonyl (C=O) groups excluding carboxylic acids is 1. The molecule has 132 valence electrons. The Morgan fingerprint density at radius 1 is 1.25 bits per heavy atom. The van der Waals surface area contributed by atoms with Crippen LogP contribution in [0.25, 0.3) is 0 Å². The van der Waals surface area contributed by atoms with Crippen molar-refractivity contribution in [2.24, 2.45) is 0 Å². The minimum absolute atomic E-state index is 0.0298. The SMILES string of the molecule is C[C@H]1CN(C(=O)NC2CCN(Cc3ccc(F)cc3)CC2)CCO1. The summed E-state index contributed by atoms with van der Waals surface area (Å²) in [4.78, 5) is 16.5. The van der Waals surface area contributed by atoms with Crippen molar-refractivity contribution in [3.05, 3.63) is 35.6 Å². The van der Waals surface area contributed by atoms with E-state index >= 15 is 0 Å². The highest BCUT2D eigenvalue weighted by Gasteiger charge is 2.25. The summed E-state index contributed by atoms with van der Waals surface area (Å²) in [5.41, 5.74) is 1.13. The van der Waals surface area contributed by atoms with Gasteiger partial charge in [-0.3, -0.25) is 4.90 Å². The van der Waals surface area contributed by atoms with Crippen LogP contribution in [0.3, 0.4) is 0 Å². The van der Waals surface area contributed by atoms with Gasteiger partial charge in [0.15, 0.2) is 0 Å². The molecule has 1 aromatic rings. The Morgan fingerprint density at radius 3 is 2.62 bits per heavy atom. The zero-order valence-electron chi connectivity index (χ0n) is 14.2. The lowest BCUT2D eigenvalue weighted by molar-refractivity contribution is -0.00420. The number of carbonyl (C=O) groups is 1. The minimum Gasteiger partial charge on any atom is -0.375 e. The molecule has 0 radical (unpaired) electrons. The molecule has 2 amide bonds. The van der Waals surface area contributed by atoms with E-state index in [9.17, 15) is 9.18 Å². The Morgan fingerprint density at radius 2 is 1.96 bits per heavy atom. The molecule has 1 N–H and O–H groups in total. The molecule has 0 aromatic heterocycles. The van der Waals surface area contributed by atoms with Crippen LogP contribution in [0.15, 0.2) is 24.3 Å². The topological polar surface area (TPSA) is 44.8 Å². The summed E-state index contributed by atoms with van der Waals surface area (Å²) in [6, 6.07) is 6.95. The fourth-order valence-electron chi connectivity index (χ4n) is 3.35. The van der Waals surface area contributed by atoms with Crippen molar-refractivity contribution in [1.82, 2.24) is 15.1 Å². The molecule has 2 saturated heterocycles. The van der Waals surface area contributed by atoms with Crippen molar-refractivity contribution >= 4 is 6.03 Å². The van der Waals surface area contributed by atoms with Crippen molar-refractivity contribution in [3.8, 4) is 0 Å². The molecule has 6 heteroatoms. The number of halogens is 1. The van der Waals surface area contributed by atoms with Gasteiger partial charge in [0.05, 0.1) is 12.7 Å². The van der Waals surface area contributed by atoms with Gasteiger partial charge in [-0.1, -0.05) is 12.1 Å². The second-order valence-electron chi connectivity index (χ2n) is 6.75. The molecule has 24 heavy (non-hydrogen) atoms. The number of morpholine rings is 1. The fourth-order valence-corrected chi connectivity index (χ4v) is 3.35. The van der Waals surface area contributed by atoms with E-state index in [0.29, 0.717) is 19.7 Å². The third kappa shape index (κ3) is 4.68. The summed E-state index contributed by atoms with van der Waals surface area (Å²) < 4.78 is 18.4. The van der Waals surface area contributed by atoms with Gasteiger partial charge in [0.2, 0.25) is 0 Å². The van der Waals surface area contributed by atoms with E-state index in [0.717, 1.165) is 38.0 Å². The third-order valence-corrected chi connectivity index (χ3v) is 4.76. The highest BCUT2D eigenvalue weighted by molar-refractivity contribution is 5.74. The van der Waals surface area contributed by atoms with Gasteiger partial charge in [-0.15, -0.1) is 0 Å². The number of piperidine rings is 1. The quantitative estimate of drug-likeness (QED) is 0.921. The van der Waals surface area contributed by atoms with Gasteiger partial charge >= 0.3 is 6.03 Å². The Kier molecular flexibility index (Phi) is 5.68. The molecule has 0 bridgehead atoms. The Bertz CT molecular complexity index is 544. The maximum Gasteiger partial charge on any atom is 0.317 e. The average molecular weight is 335 g/mol. The van der Waals surface area contributed by atoms with E-state index in [1.807, 2.05) is 24.0 Å². The molecule has 0 saturated carbocycles. The van der Waals surface area contributed by atoms with Crippen LogP contribution in [-0.4, -0.2) is 60.8 Å². The van der Waals surface area contributed by atoms with Crippen molar-refractivity contribution in [3.63, 3.8) is 0 Å². The highest BCUT2D eigenvalue weighted by Crippen LogP contribution is 2.15. The number of urea groups is 1. The molecule has 3 rings (SSSR count). The van der Waals surface area contributed by atoms with Gasteiger partial charge in [-0.2, -0.15) is 0 Å². The number of rotatable bonds is 3. The molecule has 5 nitrogen and oxygen atoms in total. The second-order valence-corrected chi connectivity index (χ2v) is 6.75. The molecule has 1 atom stereocenters. The van der Waals surface area contributed by atoms with Crippen molar-refractivity contribution in [1.29, 1.82) is 0 Å². The highest BCUT2D eigenvalue weighted by atomic mass is 19.1. The van der Waals surface area contributed by atoms with Crippen LogP contribution in [0.2, 0.25) is 0 Å².